The summed E-state index contributed by atoms with van der Waals surface area (Å²) in [6.07, 6.45) is 3.58. The Hall–Kier alpha value is -1.63. The van der Waals surface area contributed by atoms with E-state index < -0.39 is 0 Å². The lowest BCUT2D eigenvalue weighted by atomic mass is 10.2. The fourth-order valence-corrected chi connectivity index (χ4v) is 3.39. The van der Waals surface area contributed by atoms with E-state index in [1.807, 2.05) is 50.5 Å². The Labute approximate surface area is 157 Å². The monoisotopic (exact) mass is 378 g/mol. The van der Waals surface area contributed by atoms with E-state index in [4.69, 9.17) is 10.5 Å². The van der Waals surface area contributed by atoms with E-state index in [1.165, 1.54) is 5.56 Å². The van der Waals surface area contributed by atoms with Gasteiger partial charge in [-0.3, -0.25) is 0 Å². The third-order valence-electron chi connectivity index (χ3n) is 3.33. The molecule has 0 spiro atoms. The lowest BCUT2D eigenvalue weighted by molar-refractivity contribution is 0.359. The molecule has 0 unspecified atom stereocenters. The van der Waals surface area contributed by atoms with Gasteiger partial charge >= 0.3 is 0 Å². The third-order valence-corrected chi connectivity index (χ3v) is 4.86. The van der Waals surface area contributed by atoms with Crippen LogP contribution in [0.3, 0.4) is 0 Å². The van der Waals surface area contributed by atoms with Gasteiger partial charge in [-0.25, -0.2) is 0 Å². The van der Waals surface area contributed by atoms with Gasteiger partial charge in [-0.15, -0.1) is 0 Å². The average molecular weight is 379 g/mol. The van der Waals surface area contributed by atoms with Gasteiger partial charge in [0.15, 0.2) is 0 Å². The van der Waals surface area contributed by atoms with Crippen LogP contribution in [0.2, 0.25) is 0 Å². The van der Waals surface area contributed by atoms with Crippen molar-refractivity contribution in [2.24, 2.45) is 0 Å². The molecule has 0 fully saturated rings. The fourth-order valence-electron chi connectivity index (χ4n) is 2.22. The summed E-state index contributed by atoms with van der Waals surface area (Å²) >= 11 is 1.96. The van der Waals surface area contributed by atoms with Gasteiger partial charge in [-0.2, -0.15) is 3.89 Å². The van der Waals surface area contributed by atoms with E-state index in [0.717, 1.165) is 27.8 Å². The van der Waals surface area contributed by atoms with Crippen LogP contribution in [-0.4, -0.2) is 31.4 Å². The molecule has 0 aliphatic rings. The SMILES string of the molecule is CN(C)Cc1cc(OC/C=C\CSF)ccc1Sc1ccccc1N. The Morgan fingerprint density at radius 2 is 1.92 bits per heavy atom. The Balaban J connectivity index is 2.14. The molecule has 2 N–H and O–H groups in total. The molecule has 2 aromatic carbocycles. The topological polar surface area (TPSA) is 38.5 Å². The summed E-state index contributed by atoms with van der Waals surface area (Å²) in [5.74, 6) is 1.16. The van der Waals surface area contributed by atoms with E-state index in [0.29, 0.717) is 24.5 Å². The molecule has 0 aliphatic heterocycles. The molecule has 0 saturated carbocycles. The van der Waals surface area contributed by atoms with Crippen LogP contribution in [-0.2, 0) is 6.54 Å². The van der Waals surface area contributed by atoms with Gasteiger partial charge < -0.3 is 15.4 Å². The highest BCUT2D eigenvalue weighted by Crippen LogP contribution is 2.35. The number of hydrogen-bond acceptors (Lipinski definition) is 5. The van der Waals surface area contributed by atoms with Crippen molar-refractivity contribution in [3.63, 3.8) is 0 Å². The number of para-hydroxylation sites is 1. The molecule has 2 aromatic rings. The maximum atomic E-state index is 12.0. The average Bonchev–Trinajstić information content (AvgIpc) is 2.58. The standard InChI is InChI=1S/C19H23FN2OS2/c1-22(2)14-15-13-16(23-11-5-6-12-24-20)9-10-18(15)25-19-8-4-3-7-17(19)21/h3-10,13H,11-12,14,21H2,1-2H3/b6-5-. The van der Waals surface area contributed by atoms with Crippen LogP contribution in [0.25, 0.3) is 0 Å². The number of nitrogens with zero attached hydrogens (tertiary/aromatic N) is 1. The van der Waals surface area contributed by atoms with Crippen molar-refractivity contribution in [2.75, 3.05) is 32.2 Å². The van der Waals surface area contributed by atoms with Crippen LogP contribution in [0.1, 0.15) is 5.56 Å². The Bertz CT molecular complexity index is 708. The largest absolute Gasteiger partial charge is 0.490 e. The molecule has 134 valence electrons. The highest BCUT2D eigenvalue weighted by molar-refractivity contribution is 7.99. The van der Waals surface area contributed by atoms with Crippen molar-refractivity contribution < 1.29 is 8.62 Å². The first-order valence-electron chi connectivity index (χ1n) is 7.91. The lowest BCUT2D eigenvalue weighted by Gasteiger charge is -2.16. The van der Waals surface area contributed by atoms with Crippen LogP contribution < -0.4 is 10.5 Å². The molecular formula is C19H23FN2OS2. The van der Waals surface area contributed by atoms with Crippen molar-refractivity contribution in [3.05, 3.63) is 60.2 Å². The minimum absolute atomic E-state index is 0.300. The second kappa shape index (κ2) is 10.4. The maximum Gasteiger partial charge on any atom is 0.120 e. The Kier molecular flexibility index (Phi) is 8.18. The maximum absolute atomic E-state index is 12.0. The smallest absolute Gasteiger partial charge is 0.120 e. The zero-order chi connectivity index (χ0) is 18.1. The number of hydrogen-bond donors (Lipinski definition) is 1. The minimum Gasteiger partial charge on any atom is -0.490 e. The number of benzene rings is 2. The van der Waals surface area contributed by atoms with Crippen LogP contribution >= 0.6 is 23.9 Å². The van der Waals surface area contributed by atoms with Gasteiger partial charge in [-0.1, -0.05) is 36.0 Å². The summed E-state index contributed by atoms with van der Waals surface area (Å²) in [5, 5.41) is 0. The molecule has 0 bridgehead atoms. The molecule has 0 atom stereocenters. The van der Waals surface area contributed by atoms with Crippen LogP contribution in [0.4, 0.5) is 9.57 Å². The van der Waals surface area contributed by atoms with Crippen LogP contribution in [0.5, 0.6) is 5.75 Å². The first-order chi connectivity index (χ1) is 12.1. The zero-order valence-electron chi connectivity index (χ0n) is 14.4. The van der Waals surface area contributed by atoms with Gasteiger partial charge in [-0.05, 0) is 50.0 Å². The van der Waals surface area contributed by atoms with Gasteiger partial charge in [0.2, 0.25) is 0 Å². The molecule has 25 heavy (non-hydrogen) atoms. The van der Waals surface area contributed by atoms with E-state index in [1.54, 1.807) is 17.8 Å². The van der Waals surface area contributed by atoms with Crippen molar-refractivity contribution in [2.45, 2.75) is 16.3 Å². The summed E-state index contributed by atoms with van der Waals surface area (Å²) in [6, 6.07) is 13.9. The van der Waals surface area contributed by atoms with Gasteiger partial charge in [0.25, 0.3) is 0 Å². The lowest BCUT2D eigenvalue weighted by Crippen LogP contribution is -2.11. The zero-order valence-corrected chi connectivity index (χ0v) is 16.1. The predicted molar refractivity (Wildman–Crippen MR) is 107 cm³/mol. The fraction of sp³-hybridized carbons (Fsp3) is 0.263. The molecule has 0 heterocycles. The second-order valence-electron chi connectivity index (χ2n) is 5.71. The first-order valence-corrected chi connectivity index (χ1v) is 9.61. The molecule has 6 heteroatoms. The van der Waals surface area contributed by atoms with E-state index in [2.05, 4.69) is 17.0 Å². The number of ether oxygens (including phenoxy) is 1. The summed E-state index contributed by atoms with van der Waals surface area (Å²) in [6.45, 7) is 1.24. The molecular weight excluding hydrogens is 355 g/mol. The third kappa shape index (κ3) is 6.65. The normalized spacial score (nSPS) is 11.4. The molecule has 0 radical (unpaired) electrons. The van der Waals surface area contributed by atoms with Gasteiger partial charge in [0, 0.05) is 39.9 Å². The number of rotatable bonds is 9. The van der Waals surface area contributed by atoms with Gasteiger partial charge in [0.1, 0.15) is 12.4 Å². The molecule has 0 amide bonds. The predicted octanol–water partition coefficient (Wildman–Crippen LogP) is 5.03. The van der Waals surface area contributed by atoms with E-state index in [-0.39, 0.29) is 0 Å². The van der Waals surface area contributed by atoms with Crippen LogP contribution in [0, 0.1) is 0 Å². The van der Waals surface area contributed by atoms with Crippen molar-refractivity contribution >= 4 is 29.6 Å². The highest BCUT2D eigenvalue weighted by atomic mass is 32.2. The first kappa shape index (κ1) is 19.7. The summed E-state index contributed by atoms with van der Waals surface area (Å²) < 4.78 is 17.7. The van der Waals surface area contributed by atoms with Crippen LogP contribution in [0.15, 0.2) is 64.4 Å². The molecule has 0 saturated heterocycles. The molecule has 0 aromatic heterocycles. The Morgan fingerprint density at radius 3 is 2.64 bits per heavy atom. The minimum atomic E-state index is 0.300. The quantitative estimate of drug-likeness (QED) is 0.489. The summed E-state index contributed by atoms with van der Waals surface area (Å²) in [4.78, 5) is 4.32. The van der Waals surface area contributed by atoms with Crippen molar-refractivity contribution in [1.82, 2.24) is 4.90 Å². The van der Waals surface area contributed by atoms with Gasteiger partial charge in [0.05, 0.1) is 0 Å². The van der Waals surface area contributed by atoms with Crippen molar-refractivity contribution in [1.29, 1.82) is 0 Å². The van der Waals surface area contributed by atoms with E-state index >= 15 is 0 Å². The molecule has 0 aliphatic carbocycles. The van der Waals surface area contributed by atoms with E-state index in [9.17, 15) is 3.89 Å². The summed E-state index contributed by atoms with van der Waals surface area (Å²) in [7, 11) is 4.08. The molecule has 3 nitrogen and oxygen atoms in total. The second-order valence-corrected chi connectivity index (χ2v) is 7.34. The Morgan fingerprint density at radius 1 is 1.12 bits per heavy atom. The highest BCUT2D eigenvalue weighted by Gasteiger charge is 2.09. The summed E-state index contributed by atoms with van der Waals surface area (Å²) in [5.41, 5.74) is 8.02. The molecule has 2 rings (SSSR count). The van der Waals surface area contributed by atoms with Crippen molar-refractivity contribution in [3.8, 4) is 5.75 Å². The number of anilines is 1. The number of nitrogens with two attached hydrogens (primary N) is 1. The number of nitrogen functional groups attached to an aromatic ring is 1. The number of halogens is 1.